The molecule has 0 radical (unpaired) electrons. The van der Waals surface area contributed by atoms with Gasteiger partial charge in [-0.2, -0.15) is 0 Å². The van der Waals surface area contributed by atoms with Gasteiger partial charge in [0.1, 0.15) is 0 Å². The summed E-state index contributed by atoms with van der Waals surface area (Å²) in [6.07, 6.45) is 2.16. The summed E-state index contributed by atoms with van der Waals surface area (Å²) in [6, 6.07) is 6.55. The van der Waals surface area contributed by atoms with E-state index in [4.69, 9.17) is 0 Å². The van der Waals surface area contributed by atoms with Crippen LogP contribution in [0.25, 0.3) is 0 Å². The highest BCUT2D eigenvalue weighted by Gasteiger charge is 2.13. The summed E-state index contributed by atoms with van der Waals surface area (Å²) in [5.74, 6) is 0.771. The summed E-state index contributed by atoms with van der Waals surface area (Å²) in [5.41, 5.74) is 0.853. The molecule has 6 heteroatoms. The van der Waals surface area contributed by atoms with Gasteiger partial charge in [-0.25, -0.2) is 0 Å². The topological polar surface area (TPSA) is 70.8 Å². The maximum atomic E-state index is 10.7. The van der Waals surface area contributed by atoms with Gasteiger partial charge in [0.15, 0.2) is 5.96 Å². The molecule has 2 rings (SSSR count). The minimum Gasteiger partial charge on any atom is -0.356 e. The molecule has 0 spiro atoms. The fourth-order valence-electron chi connectivity index (χ4n) is 1.84. The van der Waals surface area contributed by atoms with Crippen LogP contribution >= 0.6 is 0 Å². The first kappa shape index (κ1) is 12.3. The van der Waals surface area contributed by atoms with Crippen molar-refractivity contribution in [3.8, 4) is 0 Å². The van der Waals surface area contributed by atoms with E-state index in [9.17, 15) is 10.1 Å². The number of benzene rings is 1. The largest absolute Gasteiger partial charge is 0.356 e. The van der Waals surface area contributed by atoms with E-state index in [1.165, 1.54) is 6.07 Å². The summed E-state index contributed by atoms with van der Waals surface area (Å²) >= 11 is 0. The number of nitrogens with one attached hydrogen (secondary N) is 1. The molecule has 0 unspecified atom stereocenters. The van der Waals surface area contributed by atoms with Crippen LogP contribution in [0, 0.1) is 10.1 Å². The molecule has 0 fully saturated rings. The first-order chi connectivity index (χ1) is 8.68. The molecule has 1 heterocycles. The Hall–Kier alpha value is -2.11. The van der Waals surface area contributed by atoms with E-state index in [0.29, 0.717) is 0 Å². The number of nitro groups is 1. The average molecular weight is 248 g/mol. The molecule has 96 valence electrons. The minimum absolute atomic E-state index is 0.0913. The molecule has 1 aliphatic heterocycles. The van der Waals surface area contributed by atoms with Crippen LogP contribution in [0.15, 0.2) is 29.3 Å². The third kappa shape index (κ3) is 2.77. The van der Waals surface area contributed by atoms with Crippen LogP contribution in [0.5, 0.6) is 0 Å². The number of non-ortho nitro benzene ring substituents is 1. The van der Waals surface area contributed by atoms with E-state index in [1.807, 2.05) is 18.0 Å². The summed E-state index contributed by atoms with van der Waals surface area (Å²) < 4.78 is 0. The van der Waals surface area contributed by atoms with Crippen LogP contribution in [0.1, 0.15) is 12.8 Å². The lowest BCUT2D eigenvalue weighted by molar-refractivity contribution is -0.384. The van der Waals surface area contributed by atoms with E-state index in [1.54, 1.807) is 12.1 Å². The number of hydrogen-bond donors (Lipinski definition) is 1. The second-order valence-corrected chi connectivity index (χ2v) is 4.18. The highest BCUT2D eigenvalue weighted by atomic mass is 16.6. The van der Waals surface area contributed by atoms with Gasteiger partial charge in [-0.1, -0.05) is 6.07 Å². The summed E-state index contributed by atoms with van der Waals surface area (Å²) in [5, 5.41) is 14.0. The Morgan fingerprint density at radius 1 is 1.44 bits per heavy atom. The van der Waals surface area contributed by atoms with Crippen molar-refractivity contribution in [1.82, 2.24) is 5.32 Å². The Morgan fingerprint density at radius 2 is 2.28 bits per heavy atom. The van der Waals surface area contributed by atoms with Gasteiger partial charge in [0.2, 0.25) is 0 Å². The lowest BCUT2D eigenvalue weighted by atomic mass is 10.2. The maximum Gasteiger partial charge on any atom is 0.271 e. The third-order valence-corrected chi connectivity index (χ3v) is 2.88. The molecule has 0 saturated heterocycles. The molecule has 1 N–H and O–H groups in total. The van der Waals surface area contributed by atoms with Crippen molar-refractivity contribution in [3.05, 3.63) is 34.4 Å². The van der Waals surface area contributed by atoms with E-state index in [0.717, 1.165) is 37.6 Å². The Balaban J connectivity index is 2.22. The predicted molar refractivity (Wildman–Crippen MR) is 71.0 cm³/mol. The zero-order valence-electron chi connectivity index (χ0n) is 10.3. The van der Waals surface area contributed by atoms with Crippen LogP contribution in [-0.2, 0) is 0 Å². The fourth-order valence-corrected chi connectivity index (χ4v) is 1.84. The van der Waals surface area contributed by atoms with Crippen molar-refractivity contribution >= 4 is 17.3 Å². The minimum atomic E-state index is -0.389. The fraction of sp³-hybridized carbons (Fsp3) is 0.417. The number of anilines is 1. The summed E-state index contributed by atoms with van der Waals surface area (Å²) in [7, 11) is 1.86. The monoisotopic (exact) mass is 248 g/mol. The van der Waals surface area contributed by atoms with Crippen LogP contribution in [0.4, 0.5) is 11.4 Å². The van der Waals surface area contributed by atoms with Gasteiger partial charge < -0.3 is 10.2 Å². The van der Waals surface area contributed by atoms with Crippen LogP contribution < -0.4 is 10.2 Å². The highest BCUT2D eigenvalue weighted by Crippen LogP contribution is 2.20. The molecule has 0 saturated carbocycles. The Morgan fingerprint density at radius 3 is 3.06 bits per heavy atom. The maximum absolute atomic E-state index is 10.7. The van der Waals surface area contributed by atoms with Crippen LogP contribution in [0.3, 0.4) is 0 Å². The van der Waals surface area contributed by atoms with E-state index >= 15 is 0 Å². The van der Waals surface area contributed by atoms with Crippen molar-refractivity contribution in [2.24, 2.45) is 4.99 Å². The lowest BCUT2D eigenvalue weighted by Crippen LogP contribution is -2.38. The molecular weight excluding hydrogens is 232 g/mol. The van der Waals surface area contributed by atoms with E-state index < -0.39 is 0 Å². The molecule has 0 atom stereocenters. The molecule has 6 nitrogen and oxygen atoms in total. The van der Waals surface area contributed by atoms with Crippen molar-refractivity contribution in [2.75, 3.05) is 25.0 Å². The second-order valence-electron chi connectivity index (χ2n) is 4.18. The summed E-state index contributed by atoms with van der Waals surface area (Å²) in [6.45, 7) is 1.68. The van der Waals surface area contributed by atoms with Crippen LogP contribution in [-0.4, -0.2) is 31.0 Å². The number of hydrogen-bond acceptors (Lipinski definition) is 5. The number of aliphatic imine (C=N–C) groups is 1. The molecule has 1 aromatic carbocycles. The lowest BCUT2D eigenvalue weighted by Gasteiger charge is -2.21. The molecular formula is C12H16N4O2. The van der Waals surface area contributed by atoms with Crippen molar-refractivity contribution in [2.45, 2.75) is 12.8 Å². The standard InChI is InChI=1S/C12H16N4O2/c1-15(12-13-7-2-3-8-14-12)10-5-4-6-11(9-10)16(17)18/h4-6,9H,2-3,7-8H2,1H3,(H,13,14). The Kier molecular flexibility index (Phi) is 3.76. The van der Waals surface area contributed by atoms with E-state index in [2.05, 4.69) is 10.3 Å². The van der Waals surface area contributed by atoms with Gasteiger partial charge in [0.25, 0.3) is 5.69 Å². The van der Waals surface area contributed by atoms with Crippen molar-refractivity contribution in [3.63, 3.8) is 0 Å². The van der Waals surface area contributed by atoms with Crippen LogP contribution in [0.2, 0.25) is 0 Å². The second kappa shape index (κ2) is 5.48. The third-order valence-electron chi connectivity index (χ3n) is 2.88. The van der Waals surface area contributed by atoms with Gasteiger partial charge in [-0.15, -0.1) is 0 Å². The van der Waals surface area contributed by atoms with Gasteiger partial charge in [0, 0.05) is 32.3 Å². The Labute approximate surface area is 105 Å². The van der Waals surface area contributed by atoms with Gasteiger partial charge >= 0.3 is 0 Å². The first-order valence-corrected chi connectivity index (χ1v) is 5.95. The number of nitro benzene ring substituents is 1. The quantitative estimate of drug-likeness (QED) is 0.639. The molecule has 0 aromatic heterocycles. The van der Waals surface area contributed by atoms with Gasteiger partial charge in [-0.3, -0.25) is 15.1 Å². The van der Waals surface area contributed by atoms with Crippen molar-refractivity contribution < 1.29 is 4.92 Å². The SMILES string of the molecule is CN(C1=NCCCCN1)c1cccc([N+](=O)[O-])c1. The normalized spacial score (nSPS) is 15.3. The smallest absolute Gasteiger partial charge is 0.271 e. The molecule has 18 heavy (non-hydrogen) atoms. The molecule has 1 aromatic rings. The predicted octanol–water partition coefficient (Wildman–Crippen LogP) is 1.77. The highest BCUT2D eigenvalue weighted by molar-refractivity contribution is 5.95. The first-order valence-electron chi connectivity index (χ1n) is 5.95. The van der Waals surface area contributed by atoms with Gasteiger partial charge in [-0.05, 0) is 18.9 Å². The average Bonchev–Trinajstić information content (AvgIpc) is 2.67. The number of rotatable bonds is 2. The van der Waals surface area contributed by atoms with Gasteiger partial charge in [0.05, 0.1) is 10.6 Å². The molecule has 0 amide bonds. The number of guanidine groups is 1. The van der Waals surface area contributed by atoms with E-state index in [-0.39, 0.29) is 10.6 Å². The zero-order chi connectivity index (χ0) is 13.0. The molecule has 0 aliphatic carbocycles. The van der Waals surface area contributed by atoms with Crippen molar-refractivity contribution in [1.29, 1.82) is 0 Å². The summed E-state index contributed by atoms with van der Waals surface area (Å²) in [4.78, 5) is 16.6. The molecule has 1 aliphatic rings. The number of nitrogens with zero attached hydrogens (tertiary/aromatic N) is 3. The Bertz CT molecular complexity index is 473. The zero-order valence-corrected chi connectivity index (χ0v) is 10.3. The molecule has 0 bridgehead atoms.